The smallest absolute Gasteiger partial charge is 0.249 e. The average molecular weight is 423 g/mol. The summed E-state index contributed by atoms with van der Waals surface area (Å²) < 4.78 is 4.15. The van der Waals surface area contributed by atoms with Crippen molar-refractivity contribution >= 4 is 52.6 Å². The van der Waals surface area contributed by atoms with E-state index < -0.39 is 0 Å². The minimum atomic E-state index is 0. The molecule has 0 amide bonds. The Morgan fingerprint density at radius 1 is 1.00 bits per heavy atom. The van der Waals surface area contributed by atoms with Crippen LogP contribution in [0.1, 0.15) is 13.8 Å². The van der Waals surface area contributed by atoms with Crippen LogP contribution in [0.15, 0.2) is 38.1 Å². The number of hydrogen-bond acceptors (Lipinski definition) is 3. The van der Waals surface area contributed by atoms with E-state index in [9.17, 15) is 0 Å². The van der Waals surface area contributed by atoms with Gasteiger partial charge in [0.05, 0.1) is 0 Å². The molecule has 8 heteroatoms. The summed E-state index contributed by atoms with van der Waals surface area (Å²) in [5, 5.41) is 4.04. The molecule has 110 valence electrons. The second-order valence-corrected chi connectivity index (χ2v) is 5.44. The number of aliphatic imine (C=N–C) groups is 1. The first-order chi connectivity index (χ1) is 9.28. The molecule has 0 N–H and O–H groups in total. The molecule has 2 aromatic rings. The van der Waals surface area contributed by atoms with Crippen molar-refractivity contribution in [2.75, 3.05) is 7.05 Å². The van der Waals surface area contributed by atoms with Gasteiger partial charge in [0.25, 0.3) is 0 Å². The Labute approximate surface area is 143 Å². The summed E-state index contributed by atoms with van der Waals surface area (Å²) in [5.74, 6) is 0.509. The third kappa shape index (κ3) is 4.13. The largest absolute Gasteiger partial charge is 0.324 e. The Bertz CT molecular complexity index is 633. The van der Waals surface area contributed by atoms with Crippen molar-refractivity contribution in [1.82, 2.24) is 9.13 Å². The van der Waals surface area contributed by atoms with E-state index in [-0.39, 0.29) is 24.0 Å². The van der Waals surface area contributed by atoms with Crippen LogP contribution < -0.4 is 9.60 Å². The molecule has 2 aromatic heterocycles. The highest BCUT2D eigenvalue weighted by Crippen LogP contribution is 1.93. The lowest BCUT2D eigenvalue weighted by Gasteiger charge is -1.97. The van der Waals surface area contributed by atoms with E-state index in [1.54, 1.807) is 29.7 Å². The molecule has 0 fully saturated rings. The molecule has 5 nitrogen and oxygen atoms in total. The number of aromatic nitrogens is 2. The zero-order chi connectivity index (χ0) is 13.7. The van der Waals surface area contributed by atoms with Gasteiger partial charge in [-0.1, -0.05) is 0 Å². The fourth-order valence-corrected chi connectivity index (χ4v) is 3.13. The van der Waals surface area contributed by atoms with E-state index in [0.29, 0.717) is 5.96 Å². The van der Waals surface area contributed by atoms with Crippen LogP contribution in [0.2, 0.25) is 0 Å². The number of hydrogen-bond donors (Lipinski definition) is 0. The summed E-state index contributed by atoms with van der Waals surface area (Å²) >= 11 is 3.18. The molecule has 0 radical (unpaired) electrons. The summed E-state index contributed by atoms with van der Waals surface area (Å²) in [6.45, 7) is 5.98. The SMILES string of the molecule is CCn1ccs/c1=N\C(=NC)/N=c1/sccn1CC.I. The van der Waals surface area contributed by atoms with Crippen molar-refractivity contribution in [1.29, 1.82) is 0 Å². The van der Waals surface area contributed by atoms with Crippen LogP contribution in [0.3, 0.4) is 0 Å². The molecule has 2 rings (SSSR count). The van der Waals surface area contributed by atoms with Gasteiger partial charge in [-0.05, 0) is 13.8 Å². The van der Waals surface area contributed by atoms with Gasteiger partial charge < -0.3 is 9.13 Å². The first-order valence-electron chi connectivity index (χ1n) is 6.12. The highest BCUT2D eigenvalue weighted by molar-refractivity contribution is 14.0. The topological polar surface area (TPSA) is 46.9 Å². The molecule has 0 saturated heterocycles. The van der Waals surface area contributed by atoms with Gasteiger partial charge in [0, 0.05) is 43.3 Å². The molecule has 0 aromatic carbocycles. The number of nitrogens with zero attached hydrogens (tertiary/aromatic N) is 5. The normalized spacial score (nSPS) is 13.7. The van der Waals surface area contributed by atoms with E-state index in [1.165, 1.54) is 0 Å². The van der Waals surface area contributed by atoms with Gasteiger partial charge >= 0.3 is 0 Å². The van der Waals surface area contributed by atoms with Crippen LogP contribution in [0.25, 0.3) is 0 Å². The first-order valence-corrected chi connectivity index (χ1v) is 7.88. The summed E-state index contributed by atoms with van der Waals surface area (Å²) in [7, 11) is 1.72. The van der Waals surface area contributed by atoms with Crippen LogP contribution in [-0.4, -0.2) is 22.1 Å². The van der Waals surface area contributed by atoms with Crippen molar-refractivity contribution in [2.45, 2.75) is 26.9 Å². The molecule has 0 aliphatic rings. The van der Waals surface area contributed by atoms with E-state index in [1.807, 2.05) is 23.2 Å². The number of halogens is 1. The molecule has 0 atom stereocenters. The fourth-order valence-electron chi connectivity index (χ4n) is 1.55. The standard InChI is InChI=1S/C12H17N5S2.HI/c1-4-16-6-8-18-11(16)14-10(13-3)15-12-17(5-2)7-9-19-12;/h6-9H,4-5H2,1-3H3;1H/b13-10?,14-11-,15-12+;. The summed E-state index contributed by atoms with van der Waals surface area (Å²) in [4.78, 5) is 15.0. The van der Waals surface area contributed by atoms with E-state index >= 15 is 0 Å². The zero-order valence-corrected chi connectivity index (χ0v) is 15.6. The van der Waals surface area contributed by atoms with Gasteiger partial charge in [0.1, 0.15) is 0 Å². The van der Waals surface area contributed by atoms with Gasteiger partial charge in [0.15, 0.2) is 9.60 Å². The minimum Gasteiger partial charge on any atom is -0.324 e. The minimum absolute atomic E-state index is 0. The van der Waals surface area contributed by atoms with E-state index in [0.717, 1.165) is 22.7 Å². The molecule has 0 aliphatic heterocycles. The maximum absolute atomic E-state index is 4.52. The summed E-state index contributed by atoms with van der Waals surface area (Å²) in [6.07, 6.45) is 4.04. The Balaban J connectivity index is 0.00000200. The van der Waals surface area contributed by atoms with Crippen LogP contribution >= 0.6 is 46.7 Å². The quantitative estimate of drug-likeness (QED) is 0.405. The van der Waals surface area contributed by atoms with Crippen molar-refractivity contribution < 1.29 is 0 Å². The van der Waals surface area contributed by atoms with Crippen LogP contribution in [-0.2, 0) is 13.1 Å². The molecule has 20 heavy (non-hydrogen) atoms. The van der Waals surface area contributed by atoms with Gasteiger partial charge in [-0.3, -0.25) is 4.99 Å². The highest BCUT2D eigenvalue weighted by Gasteiger charge is 1.98. The Morgan fingerprint density at radius 3 is 1.80 bits per heavy atom. The summed E-state index contributed by atoms with van der Waals surface area (Å²) in [6, 6.07) is 0. The van der Waals surface area contributed by atoms with Gasteiger partial charge in [-0.15, -0.1) is 46.7 Å². The van der Waals surface area contributed by atoms with Crippen LogP contribution in [0, 0.1) is 0 Å². The number of rotatable bonds is 2. The molecular weight excluding hydrogens is 405 g/mol. The molecule has 0 unspecified atom stereocenters. The molecule has 0 saturated carbocycles. The van der Waals surface area contributed by atoms with Crippen LogP contribution in [0.5, 0.6) is 0 Å². The molecule has 0 aliphatic carbocycles. The van der Waals surface area contributed by atoms with Crippen molar-refractivity contribution in [2.24, 2.45) is 15.0 Å². The number of aryl methyl sites for hydroxylation is 2. The van der Waals surface area contributed by atoms with Gasteiger partial charge in [-0.2, -0.15) is 9.98 Å². The fraction of sp³-hybridized carbons (Fsp3) is 0.417. The highest BCUT2D eigenvalue weighted by atomic mass is 127. The van der Waals surface area contributed by atoms with Crippen molar-refractivity contribution in [3.63, 3.8) is 0 Å². The zero-order valence-electron chi connectivity index (χ0n) is 11.7. The second kappa shape index (κ2) is 8.53. The molecular formula is C12H18IN5S2. The molecule has 0 bridgehead atoms. The maximum Gasteiger partial charge on any atom is 0.249 e. The Hall–Kier alpha value is -0.740. The lowest BCUT2D eigenvalue weighted by molar-refractivity contribution is 0.733. The Morgan fingerprint density at radius 2 is 1.45 bits per heavy atom. The monoisotopic (exact) mass is 423 g/mol. The van der Waals surface area contributed by atoms with Crippen molar-refractivity contribution in [3.8, 4) is 0 Å². The number of guanidine groups is 1. The van der Waals surface area contributed by atoms with Gasteiger partial charge in [0.2, 0.25) is 5.96 Å². The predicted molar refractivity (Wildman–Crippen MR) is 95.9 cm³/mol. The molecule has 0 spiro atoms. The predicted octanol–water partition coefficient (Wildman–Crippen LogP) is 2.56. The number of thiazole rings is 2. The first kappa shape index (κ1) is 17.3. The Kier molecular flexibility index (Phi) is 7.38. The average Bonchev–Trinajstić information content (AvgIpc) is 3.06. The summed E-state index contributed by atoms with van der Waals surface area (Å²) in [5.41, 5.74) is 0. The van der Waals surface area contributed by atoms with E-state index in [4.69, 9.17) is 0 Å². The van der Waals surface area contributed by atoms with Crippen molar-refractivity contribution in [3.05, 3.63) is 32.8 Å². The lowest BCUT2D eigenvalue weighted by atomic mass is 10.7. The van der Waals surface area contributed by atoms with E-state index in [2.05, 4.69) is 38.0 Å². The third-order valence-corrected chi connectivity index (χ3v) is 4.18. The maximum atomic E-state index is 4.52. The molecule has 2 heterocycles. The lowest BCUT2D eigenvalue weighted by Crippen LogP contribution is -2.18. The van der Waals surface area contributed by atoms with Gasteiger partial charge in [-0.25, -0.2) is 0 Å². The third-order valence-electron chi connectivity index (χ3n) is 2.59. The second-order valence-electron chi connectivity index (χ2n) is 3.69. The van der Waals surface area contributed by atoms with Crippen LogP contribution in [0.4, 0.5) is 0 Å².